The fourth-order valence-electron chi connectivity index (χ4n) is 3.07. The predicted molar refractivity (Wildman–Crippen MR) is 96.8 cm³/mol. The molecule has 1 aromatic heterocycles. The summed E-state index contributed by atoms with van der Waals surface area (Å²) in [6.07, 6.45) is 1.90. The molecule has 1 aliphatic rings. The van der Waals surface area contributed by atoms with Crippen LogP contribution in [0.25, 0.3) is 0 Å². The van der Waals surface area contributed by atoms with E-state index in [-0.39, 0.29) is 6.10 Å². The molecule has 2 heterocycles. The first-order chi connectivity index (χ1) is 11.5. The molecule has 2 atom stereocenters. The minimum absolute atomic E-state index is 0.173. The van der Waals surface area contributed by atoms with Crippen molar-refractivity contribution in [2.45, 2.75) is 45.3 Å². The zero-order valence-electron chi connectivity index (χ0n) is 14.6. The highest BCUT2D eigenvalue weighted by Gasteiger charge is 2.30. The molecule has 3 rings (SSSR count). The monoisotopic (exact) mass is 326 g/mol. The molecule has 4 heteroatoms. The molecule has 24 heavy (non-hydrogen) atoms. The number of hydrogen-bond donors (Lipinski definition) is 1. The first-order valence-corrected chi connectivity index (χ1v) is 8.65. The Bertz CT molecular complexity index is 687. The number of hydrogen-bond acceptors (Lipinski definition) is 4. The molecular formula is C20H26N2O2. The smallest absolute Gasteiger partial charge is 0.128 e. The van der Waals surface area contributed by atoms with Crippen LogP contribution in [0.15, 0.2) is 42.6 Å². The number of piperidine rings is 1. The predicted octanol–water partition coefficient (Wildman–Crippen LogP) is 3.53. The average molecular weight is 326 g/mol. The zero-order chi connectivity index (χ0) is 17.1. The summed E-state index contributed by atoms with van der Waals surface area (Å²) in [7, 11) is 0. The molecule has 0 saturated carbocycles. The number of pyridine rings is 1. The van der Waals surface area contributed by atoms with Gasteiger partial charge in [-0.1, -0.05) is 26.0 Å². The Kier molecular flexibility index (Phi) is 5.05. The van der Waals surface area contributed by atoms with E-state index in [0.717, 1.165) is 24.5 Å². The maximum atomic E-state index is 10.5. The molecule has 0 radical (unpaired) electrons. The van der Waals surface area contributed by atoms with Crippen molar-refractivity contribution in [3.8, 4) is 5.75 Å². The number of aliphatic hydroxyl groups is 1. The minimum atomic E-state index is -0.524. The van der Waals surface area contributed by atoms with Gasteiger partial charge in [-0.3, -0.25) is 0 Å². The van der Waals surface area contributed by atoms with Gasteiger partial charge >= 0.3 is 0 Å². The summed E-state index contributed by atoms with van der Waals surface area (Å²) >= 11 is 0. The molecule has 1 saturated heterocycles. The van der Waals surface area contributed by atoms with Crippen LogP contribution in [0.4, 0.5) is 5.82 Å². The second kappa shape index (κ2) is 7.22. The molecule has 2 aromatic rings. The van der Waals surface area contributed by atoms with E-state index in [1.807, 2.05) is 24.4 Å². The van der Waals surface area contributed by atoms with Gasteiger partial charge in [0.15, 0.2) is 0 Å². The number of aryl methyl sites for hydroxylation is 1. The molecule has 4 nitrogen and oxygen atoms in total. The molecule has 0 bridgehead atoms. The van der Waals surface area contributed by atoms with E-state index in [4.69, 9.17) is 4.74 Å². The molecule has 0 aliphatic carbocycles. The summed E-state index contributed by atoms with van der Waals surface area (Å²) in [6, 6.07) is 12.2. The third-order valence-electron chi connectivity index (χ3n) is 4.56. The van der Waals surface area contributed by atoms with Crippen LogP contribution < -0.4 is 9.64 Å². The first kappa shape index (κ1) is 16.8. The molecule has 1 aromatic carbocycles. The number of benzene rings is 1. The Balaban J connectivity index is 1.65. The fraction of sp³-hybridized carbons (Fsp3) is 0.450. The SMILES string of the molecule is Cc1ccnc(N2CC[C@@H](Oc3cccc(C(C)C)c3)[C@H](O)C2)c1. The van der Waals surface area contributed by atoms with E-state index in [0.29, 0.717) is 12.5 Å². The van der Waals surface area contributed by atoms with Gasteiger partial charge in [0.05, 0.1) is 0 Å². The van der Waals surface area contributed by atoms with Gasteiger partial charge in [-0.15, -0.1) is 0 Å². The number of aliphatic hydroxyl groups excluding tert-OH is 1. The van der Waals surface area contributed by atoms with Crippen molar-refractivity contribution in [1.29, 1.82) is 0 Å². The summed E-state index contributed by atoms with van der Waals surface area (Å²) < 4.78 is 6.07. The fourth-order valence-corrected chi connectivity index (χ4v) is 3.07. The second-order valence-electron chi connectivity index (χ2n) is 6.88. The maximum Gasteiger partial charge on any atom is 0.128 e. The molecular weight excluding hydrogens is 300 g/mol. The van der Waals surface area contributed by atoms with Crippen LogP contribution in [0.2, 0.25) is 0 Å². The lowest BCUT2D eigenvalue weighted by atomic mass is 10.0. The summed E-state index contributed by atoms with van der Waals surface area (Å²) in [5, 5.41) is 10.5. The lowest BCUT2D eigenvalue weighted by Crippen LogP contribution is -2.49. The normalized spacial score (nSPS) is 21.1. The summed E-state index contributed by atoms with van der Waals surface area (Å²) in [5.41, 5.74) is 2.43. The minimum Gasteiger partial charge on any atom is -0.488 e. The van der Waals surface area contributed by atoms with Gasteiger partial charge < -0.3 is 14.7 Å². The van der Waals surface area contributed by atoms with E-state index in [9.17, 15) is 5.11 Å². The Morgan fingerprint density at radius 1 is 1.25 bits per heavy atom. The van der Waals surface area contributed by atoms with Gasteiger partial charge in [0.1, 0.15) is 23.8 Å². The Morgan fingerprint density at radius 3 is 2.79 bits per heavy atom. The second-order valence-corrected chi connectivity index (χ2v) is 6.88. The third-order valence-corrected chi connectivity index (χ3v) is 4.56. The highest BCUT2D eigenvalue weighted by atomic mass is 16.5. The Hall–Kier alpha value is -2.07. The highest BCUT2D eigenvalue weighted by Crippen LogP contribution is 2.25. The highest BCUT2D eigenvalue weighted by molar-refractivity contribution is 5.41. The van der Waals surface area contributed by atoms with Gasteiger partial charge in [0, 0.05) is 25.7 Å². The number of rotatable bonds is 4. The molecule has 128 valence electrons. The number of aromatic nitrogens is 1. The van der Waals surface area contributed by atoms with Crippen molar-refractivity contribution >= 4 is 5.82 Å². The summed E-state index contributed by atoms with van der Waals surface area (Å²) in [5.74, 6) is 2.23. The largest absolute Gasteiger partial charge is 0.488 e. The molecule has 0 amide bonds. The van der Waals surface area contributed by atoms with E-state index in [1.165, 1.54) is 11.1 Å². The number of nitrogens with zero attached hydrogens (tertiary/aromatic N) is 2. The van der Waals surface area contributed by atoms with E-state index >= 15 is 0 Å². The first-order valence-electron chi connectivity index (χ1n) is 8.65. The van der Waals surface area contributed by atoms with Crippen LogP contribution in [-0.2, 0) is 0 Å². The van der Waals surface area contributed by atoms with Crippen LogP contribution in [0.1, 0.15) is 37.3 Å². The molecule has 0 spiro atoms. The van der Waals surface area contributed by atoms with Crippen LogP contribution in [0.3, 0.4) is 0 Å². The maximum absolute atomic E-state index is 10.5. The molecule has 0 unspecified atom stereocenters. The summed E-state index contributed by atoms with van der Waals surface area (Å²) in [4.78, 5) is 6.54. The van der Waals surface area contributed by atoms with Crippen LogP contribution in [0, 0.1) is 6.92 Å². The van der Waals surface area contributed by atoms with Gasteiger partial charge in [-0.05, 0) is 48.2 Å². The number of β-amino-alcohol motifs (C(OH)–C–C–N with tert-alkyl or cyclic N) is 1. The lowest BCUT2D eigenvalue weighted by molar-refractivity contribution is 0.0240. The van der Waals surface area contributed by atoms with Crippen molar-refractivity contribution in [3.05, 3.63) is 53.7 Å². The van der Waals surface area contributed by atoms with Crippen LogP contribution in [0.5, 0.6) is 5.75 Å². The number of anilines is 1. The topological polar surface area (TPSA) is 45.6 Å². The molecule has 1 fully saturated rings. The van der Waals surface area contributed by atoms with E-state index in [1.54, 1.807) is 0 Å². The third kappa shape index (κ3) is 3.88. The van der Waals surface area contributed by atoms with Gasteiger partial charge in [-0.2, -0.15) is 0 Å². The van der Waals surface area contributed by atoms with Crippen molar-refractivity contribution in [2.75, 3.05) is 18.0 Å². The zero-order valence-corrected chi connectivity index (χ0v) is 14.6. The van der Waals surface area contributed by atoms with Gasteiger partial charge in [-0.25, -0.2) is 4.98 Å². The Morgan fingerprint density at radius 2 is 2.08 bits per heavy atom. The molecule has 1 aliphatic heterocycles. The Labute approximate surface area is 144 Å². The quantitative estimate of drug-likeness (QED) is 0.933. The lowest BCUT2D eigenvalue weighted by Gasteiger charge is -2.36. The average Bonchev–Trinajstić information content (AvgIpc) is 2.57. The van der Waals surface area contributed by atoms with Crippen molar-refractivity contribution in [3.63, 3.8) is 0 Å². The van der Waals surface area contributed by atoms with Crippen molar-refractivity contribution in [1.82, 2.24) is 4.98 Å². The molecule has 1 N–H and O–H groups in total. The van der Waals surface area contributed by atoms with Crippen LogP contribution in [-0.4, -0.2) is 35.4 Å². The standard InChI is InChI=1S/C20H26N2O2/c1-14(2)16-5-4-6-17(12-16)24-19-8-10-22(13-18(19)23)20-11-15(3)7-9-21-20/h4-7,9,11-12,14,18-19,23H,8,10,13H2,1-3H3/t18-,19-/m1/s1. The number of ether oxygens (including phenoxy) is 1. The van der Waals surface area contributed by atoms with Gasteiger partial charge in [0.25, 0.3) is 0 Å². The summed E-state index contributed by atoms with van der Waals surface area (Å²) in [6.45, 7) is 7.77. The van der Waals surface area contributed by atoms with Crippen molar-refractivity contribution < 1.29 is 9.84 Å². The van der Waals surface area contributed by atoms with Crippen molar-refractivity contribution in [2.24, 2.45) is 0 Å². The van der Waals surface area contributed by atoms with Gasteiger partial charge in [0.2, 0.25) is 0 Å². The van der Waals surface area contributed by atoms with E-state index in [2.05, 4.69) is 48.9 Å². The van der Waals surface area contributed by atoms with Crippen LogP contribution >= 0.6 is 0 Å². The van der Waals surface area contributed by atoms with E-state index < -0.39 is 6.10 Å².